The molecule has 1 aromatic rings. The maximum atomic E-state index is 10.4. The van der Waals surface area contributed by atoms with Crippen LogP contribution in [0.15, 0.2) is 18.3 Å². The number of rotatable bonds is 4. The molecule has 1 rings (SSSR count). The van der Waals surface area contributed by atoms with Crippen molar-refractivity contribution in [1.82, 2.24) is 10.3 Å². The number of hydrogen-bond acceptors (Lipinski definition) is 2. The third-order valence-corrected chi connectivity index (χ3v) is 1.63. The highest BCUT2D eigenvalue weighted by Crippen LogP contribution is 1.94. The van der Waals surface area contributed by atoms with E-state index < -0.39 is 12.0 Å². The highest BCUT2D eigenvalue weighted by atomic mass is 16.4. The minimum absolute atomic E-state index is 0.506. The van der Waals surface area contributed by atoms with Gasteiger partial charge in [0.25, 0.3) is 0 Å². The van der Waals surface area contributed by atoms with Gasteiger partial charge >= 0.3 is 5.97 Å². The second-order valence-electron chi connectivity index (χ2n) is 2.64. The molecule has 0 aliphatic rings. The Kier molecular flexibility index (Phi) is 2.88. The molecule has 4 heteroatoms. The van der Waals surface area contributed by atoms with E-state index in [0.717, 1.165) is 5.69 Å². The molecule has 0 aliphatic carbocycles. The van der Waals surface area contributed by atoms with Gasteiger partial charge in [-0.05, 0) is 19.1 Å². The SMILES string of the molecule is CC(NCc1ccc[nH]1)C(=O)O. The van der Waals surface area contributed by atoms with Gasteiger partial charge in [0.05, 0.1) is 0 Å². The molecule has 3 N–H and O–H groups in total. The van der Waals surface area contributed by atoms with E-state index in [1.54, 1.807) is 6.92 Å². The molecule has 1 heterocycles. The molecule has 0 saturated heterocycles. The van der Waals surface area contributed by atoms with Crippen molar-refractivity contribution in [2.24, 2.45) is 0 Å². The first-order valence-electron chi connectivity index (χ1n) is 3.78. The van der Waals surface area contributed by atoms with Crippen LogP contribution in [0.3, 0.4) is 0 Å². The van der Waals surface area contributed by atoms with Crippen LogP contribution in [0.2, 0.25) is 0 Å². The molecule has 12 heavy (non-hydrogen) atoms. The number of aromatic amines is 1. The second kappa shape index (κ2) is 3.92. The normalized spacial score (nSPS) is 12.8. The highest BCUT2D eigenvalue weighted by Gasteiger charge is 2.08. The Bertz CT molecular complexity index is 244. The molecule has 0 saturated carbocycles. The molecular formula is C8H12N2O2. The van der Waals surface area contributed by atoms with Gasteiger partial charge in [-0.15, -0.1) is 0 Å². The van der Waals surface area contributed by atoms with Gasteiger partial charge in [-0.25, -0.2) is 0 Å². The van der Waals surface area contributed by atoms with E-state index in [1.165, 1.54) is 0 Å². The van der Waals surface area contributed by atoms with Crippen LogP contribution in [-0.2, 0) is 11.3 Å². The molecular weight excluding hydrogens is 156 g/mol. The fraction of sp³-hybridized carbons (Fsp3) is 0.375. The summed E-state index contributed by atoms with van der Waals surface area (Å²) in [5, 5.41) is 11.4. The average molecular weight is 168 g/mol. The predicted molar refractivity (Wildman–Crippen MR) is 44.7 cm³/mol. The van der Waals surface area contributed by atoms with Crippen molar-refractivity contribution in [1.29, 1.82) is 0 Å². The van der Waals surface area contributed by atoms with Gasteiger partial charge in [-0.3, -0.25) is 10.1 Å². The van der Waals surface area contributed by atoms with Crippen LogP contribution in [0, 0.1) is 0 Å². The number of carbonyl (C=O) groups is 1. The summed E-state index contributed by atoms with van der Waals surface area (Å²) >= 11 is 0. The lowest BCUT2D eigenvalue weighted by molar-refractivity contribution is -0.139. The Hall–Kier alpha value is -1.29. The van der Waals surface area contributed by atoms with E-state index in [9.17, 15) is 4.79 Å². The predicted octanol–water partition coefficient (Wildman–Crippen LogP) is 0.577. The van der Waals surface area contributed by atoms with Crippen LogP contribution < -0.4 is 5.32 Å². The molecule has 66 valence electrons. The molecule has 0 aromatic carbocycles. The molecule has 1 aromatic heterocycles. The summed E-state index contributed by atoms with van der Waals surface area (Å²) in [6, 6.07) is 3.28. The van der Waals surface area contributed by atoms with Crippen molar-refractivity contribution in [2.75, 3.05) is 0 Å². The molecule has 0 amide bonds. The van der Waals surface area contributed by atoms with Crippen LogP contribution in [0.1, 0.15) is 12.6 Å². The van der Waals surface area contributed by atoms with E-state index in [2.05, 4.69) is 10.3 Å². The van der Waals surface area contributed by atoms with Crippen LogP contribution >= 0.6 is 0 Å². The average Bonchev–Trinajstić information content (AvgIpc) is 2.51. The third-order valence-electron chi connectivity index (χ3n) is 1.63. The number of hydrogen-bond donors (Lipinski definition) is 3. The Morgan fingerprint density at radius 2 is 2.58 bits per heavy atom. The lowest BCUT2D eigenvalue weighted by Crippen LogP contribution is -2.33. The Balaban J connectivity index is 2.31. The summed E-state index contributed by atoms with van der Waals surface area (Å²) in [6.07, 6.45) is 1.81. The van der Waals surface area contributed by atoms with Gasteiger partial charge < -0.3 is 10.1 Å². The number of H-pyrrole nitrogens is 1. The maximum Gasteiger partial charge on any atom is 0.320 e. The standard InChI is InChI=1S/C8H12N2O2/c1-6(8(11)12)10-5-7-3-2-4-9-7/h2-4,6,9-10H,5H2,1H3,(H,11,12). The molecule has 1 atom stereocenters. The lowest BCUT2D eigenvalue weighted by atomic mass is 10.3. The lowest BCUT2D eigenvalue weighted by Gasteiger charge is -2.06. The van der Waals surface area contributed by atoms with Crippen LogP contribution in [0.4, 0.5) is 0 Å². The zero-order chi connectivity index (χ0) is 8.97. The van der Waals surface area contributed by atoms with Crippen molar-refractivity contribution in [3.8, 4) is 0 Å². The van der Waals surface area contributed by atoms with Crippen molar-refractivity contribution in [2.45, 2.75) is 19.5 Å². The number of aliphatic carboxylic acids is 1. The molecule has 0 radical (unpaired) electrons. The summed E-state index contributed by atoms with van der Waals surface area (Å²) in [7, 11) is 0. The number of nitrogens with one attached hydrogen (secondary N) is 2. The first-order valence-corrected chi connectivity index (χ1v) is 3.78. The monoisotopic (exact) mass is 168 g/mol. The van der Waals surface area contributed by atoms with Gasteiger partial charge in [0.2, 0.25) is 0 Å². The van der Waals surface area contributed by atoms with Gasteiger partial charge in [-0.2, -0.15) is 0 Å². The van der Waals surface area contributed by atoms with E-state index >= 15 is 0 Å². The summed E-state index contributed by atoms with van der Waals surface area (Å²) < 4.78 is 0. The molecule has 1 unspecified atom stereocenters. The van der Waals surface area contributed by atoms with Crippen molar-refractivity contribution in [3.63, 3.8) is 0 Å². The highest BCUT2D eigenvalue weighted by molar-refractivity contribution is 5.72. The number of aromatic nitrogens is 1. The van der Waals surface area contributed by atoms with E-state index in [4.69, 9.17) is 5.11 Å². The van der Waals surface area contributed by atoms with E-state index in [1.807, 2.05) is 18.3 Å². The fourth-order valence-corrected chi connectivity index (χ4v) is 0.828. The minimum Gasteiger partial charge on any atom is -0.480 e. The molecule has 4 nitrogen and oxygen atoms in total. The number of carboxylic acids is 1. The van der Waals surface area contributed by atoms with Gasteiger partial charge in [0.15, 0.2) is 0 Å². The Labute approximate surface area is 70.6 Å². The molecule has 0 spiro atoms. The number of carboxylic acid groups (broad SMARTS) is 1. The Morgan fingerprint density at radius 3 is 3.08 bits per heavy atom. The van der Waals surface area contributed by atoms with Crippen LogP contribution in [0.5, 0.6) is 0 Å². The zero-order valence-corrected chi connectivity index (χ0v) is 6.87. The van der Waals surface area contributed by atoms with Gasteiger partial charge in [0.1, 0.15) is 6.04 Å². The van der Waals surface area contributed by atoms with Gasteiger partial charge in [-0.1, -0.05) is 0 Å². The molecule has 0 bridgehead atoms. The first kappa shape index (κ1) is 8.80. The van der Waals surface area contributed by atoms with Gasteiger partial charge in [0, 0.05) is 18.4 Å². The molecule has 0 aliphatic heterocycles. The smallest absolute Gasteiger partial charge is 0.320 e. The quantitative estimate of drug-likeness (QED) is 0.616. The summed E-state index contributed by atoms with van der Waals surface area (Å²) in [6.45, 7) is 2.17. The minimum atomic E-state index is -0.832. The summed E-state index contributed by atoms with van der Waals surface area (Å²) in [5.74, 6) is -0.832. The second-order valence-corrected chi connectivity index (χ2v) is 2.64. The van der Waals surface area contributed by atoms with E-state index in [-0.39, 0.29) is 0 Å². The third kappa shape index (κ3) is 2.39. The molecule has 0 fully saturated rings. The maximum absolute atomic E-state index is 10.4. The summed E-state index contributed by atoms with van der Waals surface area (Å²) in [4.78, 5) is 13.4. The van der Waals surface area contributed by atoms with Crippen LogP contribution in [-0.4, -0.2) is 22.1 Å². The summed E-state index contributed by atoms with van der Waals surface area (Å²) in [5.41, 5.74) is 0.989. The zero-order valence-electron chi connectivity index (χ0n) is 6.87. The van der Waals surface area contributed by atoms with E-state index in [0.29, 0.717) is 6.54 Å². The fourth-order valence-electron chi connectivity index (χ4n) is 0.828. The van der Waals surface area contributed by atoms with Crippen molar-refractivity contribution >= 4 is 5.97 Å². The van der Waals surface area contributed by atoms with Crippen molar-refractivity contribution < 1.29 is 9.90 Å². The first-order chi connectivity index (χ1) is 5.70. The largest absolute Gasteiger partial charge is 0.480 e. The van der Waals surface area contributed by atoms with Crippen molar-refractivity contribution in [3.05, 3.63) is 24.0 Å². The topological polar surface area (TPSA) is 65.1 Å². The Morgan fingerprint density at radius 1 is 1.83 bits per heavy atom. The van der Waals surface area contributed by atoms with Crippen LogP contribution in [0.25, 0.3) is 0 Å².